The fourth-order valence-electron chi connectivity index (χ4n) is 5.36. The molecule has 0 bridgehead atoms. The smallest absolute Gasteiger partial charge is 0.227 e. The molecule has 35 heavy (non-hydrogen) atoms. The lowest BCUT2D eigenvalue weighted by Gasteiger charge is -2.09. The van der Waals surface area contributed by atoms with Gasteiger partial charge in [0.05, 0.1) is 11.4 Å². The molecule has 0 saturated heterocycles. The largest absolute Gasteiger partial charge is 0.437 e. The third-order valence-electron chi connectivity index (χ3n) is 6.95. The molecule has 4 heteroatoms. The number of aryl methyl sites for hydroxylation is 3. The second kappa shape index (κ2) is 7.53. The first-order valence-corrected chi connectivity index (χ1v) is 13.6. The normalized spacial score (nSPS) is 12.4. The Morgan fingerprint density at radius 1 is 0.657 bits per heavy atom. The van der Waals surface area contributed by atoms with Crippen LogP contribution in [0.2, 0.25) is 0 Å². The number of hydrogen-bond acceptors (Lipinski definition) is 3. The SMILES string of the molecule is Cc1cc(-c2cccc(-c3cccc4c5ccccc5p(C)c34)n2)c2oc3nc(C)ccc3c2c1. The molecule has 4 aromatic heterocycles. The summed E-state index contributed by atoms with van der Waals surface area (Å²) in [7, 11) is -0.422. The van der Waals surface area contributed by atoms with Gasteiger partial charge in [-0.2, -0.15) is 0 Å². The van der Waals surface area contributed by atoms with Gasteiger partial charge in [0.2, 0.25) is 5.71 Å². The van der Waals surface area contributed by atoms with Crippen molar-refractivity contribution in [3.05, 3.63) is 96.2 Å². The lowest BCUT2D eigenvalue weighted by molar-refractivity contribution is 0.653. The summed E-state index contributed by atoms with van der Waals surface area (Å²) in [5.74, 6) is 0. The van der Waals surface area contributed by atoms with E-state index in [0.717, 1.165) is 39.0 Å². The average molecular weight is 471 g/mol. The van der Waals surface area contributed by atoms with Crippen LogP contribution in [0, 0.1) is 13.8 Å². The van der Waals surface area contributed by atoms with Crippen LogP contribution >= 0.6 is 7.53 Å². The van der Waals surface area contributed by atoms with E-state index >= 15 is 0 Å². The number of fused-ring (bicyclic) bond motifs is 6. The van der Waals surface area contributed by atoms with E-state index in [0.29, 0.717) is 5.71 Å². The number of rotatable bonds is 2. The lowest BCUT2D eigenvalue weighted by Crippen LogP contribution is -1.89. The van der Waals surface area contributed by atoms with Crippen LogP contribution in [0.4, 0.5) is 0 Å². The zero-order chi connectivity index (χ0) is 23.7. The third-order valence-corrected chi connectivity index (χ3v) is 9.21. The molecule has 1 unspecified atom stereocenters. The highest BCUT2D eigenvalue weighted by molar-refractivity contribution is 7.60. The number of benzene rings is 3. The summed E-state index contributed by atoms with van der Waals surface area (Å²) in [6.07, 6.45) is 0. The molecule has 0 radical (unpaired) electrons. The average Bonchev–Trinajstić information content (AvgIpc) is 3.38. The Morgan fingerprint density at radius 3 is 2.31 bits per heavy atom. The predicted molar refractivity (Wildman–Crippen MR) is 148 cm³/mol. The molecule has 7 rings (SSSR count). The van der Waals surface area contributed by atoms with Crippen molar-refractivity contribution in [2.45, 2.75) is 13.8 Å². The summed E-state index contributed by atoms with van der Waals surface area (Å²) in [4.78, 5) is 9.82. The predicted octanol–water partition coefficient (Wildman–Crippen LogP) is 9.16. The zero-order valence-corrected chi connectivity index (χ0v) is 20.7. The molecule has 0 aliphatic rings. The molecule has 3 aromatic carbocycles. The van der Waals surface area contributed by atoms with Gasteiger partial charge in [0.15, 0.2) is 0 Å². The minimum absolute atomic E-state index is 0.422. The molecule has 0 amide bonds. The van der Waals surface area contributed by atoms with Crippen LogP contribution in [0.5, 0.6) is 0 Å². The van der Waals surface area contributed by atoms with Gasteiger partial charge in [-0.05, 0) is 73.2 Å². The van der Waals surface area contributed by atoms with Crippen molar-refractivity contribution in [3.8, 4) is 22.5 Å². The fourth-order valence-corrected chi connectivity index (χ4v) is 7.58. The molecule has 0 spiro atoms. The molecule has 0 fully saturated rings. The molecule has 168 valence electrons. The van der Waals surface area contributed by atoms with Crippen LogP contribution in [0.25, 0.3) is 65.6 Å². The monoisotopic (exact) mass is 470 g/mol. The summed E-state index contributed by atoms with van der Waals surface area (Å²) in [6, 6.07) is 30.2. The van der Waals surface area contributed by atoms with Crippen LogP contribution in [0.1, 0.15) is 11.3 Å². The van der Waals surface area contributed by atoms with Crippen molar-refractivity contribution >= 4 is 50.6 Å². The van der Waals surface area contributed by atoms with Crippen LogP contribution in [-0.2, 0) is 6.66 Å². The Balaban J connectivity index is 1.48. The second-order valence-corrected chi connectivity index (χ2v) is 11.3. The number of aromatic nitrogens is 2. The molecule has 0 aliphatic heterocycles. The van der Waals surface area contributed by atoms with Crippen LogP contribution in [0.3, 0.4) is 0 Å². The van der Waals surface area contributed by atoms with E-state index in [-0.39, 0.29) is 0 Å². The van der Waals surface area contributed by atoms with E-state index in [4.69, 9.17) is 9.40 Å². The van der Waals surface area contributed by atoms with Gasteiger partial charge in [-0.25, -0.2) is 9.97 Å². The van der Waals surface area contributed by atoms with Gasteiger partial charge in [0, 0.05) is 37.8 Å². The van der Waals surface area contributed by atoms with Crippen molar-refractivity contribution < 1.29 is 4.42 Å². The highest BCUT2D eigenvalue weighted by Gasteiger charge is 2.17. The van der Waals surface area contributed by atoms with Crippen molar-refractivity contribution in [1.29, 1.82) is 0 Å². The van der Waals surface area contributed by atoms with Crippen LogP contribution in [0.15, 0.2) is 89.3 Å². The van der Waals surface area contributed by atoms with Gasteiger partial charge < -0.3 is 4.42 Å². The second-order valence-electron chi connectivity index (χ2n) is 9.28. The first kappa shape index (κ1) is 20.4. The van der Waals surface area contributed by atoms with E-state index in [2.05, 4.69) is 97.4 Å². The molecule has 0 saturated carbocycles. The maximum Gasteiger partial charge on any atom is 0.227 e. The van der Waals surface area contributed by atoms with E-state index in [9.17, 15) is 0 Å². The summed E-state index contributed by atoms with van der Waals surface area (Å²) < 4.78 is 6.30. The van der Waals surface area contributed by atoms with E-state index in [1.807, 2.05) is 13.0 Å². The minimum Gasteiger partial charge on any atom is -0.437 e. The maximum absolute atomic E-state index is 6.30. The molecular weight excluding hydrogens is 447 g/mol. The summed E-state index contributed by atoms with van der Waals surface area (Å²) in [6.45, 7) is 6.47. The molecular formula is C31H23N2OP. The number of furan rings is 1. The van der Waals surface area contributed by atoms with E-state index in [1.165, 1.54) is 32.1 Å². The van der Waals surface area contributed by atoms with Gasteiger partial charge in [-0.1, -0.05) is 48.5 Å². The fraction of sp³-hybridized carbons (Fsp3) is 0.0968. The van der Waals surface area contributed by atoms with Crippen molar-refractivity contribution in [2.75, 3.05) is 0 Å². The van der Waals surface area contributed by atoms with Gasteiger partial charge in [-0.15, -0.1) is 7.53 Å². The van der Waals surface area contributed by atoms with E-state index in [1.54, 1.807) is 0 Å². The highest BCUT2D eigenvalue weighted by Crippen LogP contribution is 2.50. The topological polar surface area (TPSA) is 38.9 Å². The molecule has 0 aliphatic carbocycles. The number of nitrogens with zero attached hydrogens (tertiary/aromatic N) is 2. The Labute approximate surface area is 204 Å². The standard InChI is InChI=1S/C31H23N2OP/c1-18-16-24-22-15-14-19(2)32-31(22)34-29(24)25(17-18)27-12-7-11-26(33-27)23-10-6-9-21-20-8-4-5-13-28(20)35(3)30(21)23/h4-17H,1-3H3. The molecule has 4 heterocycles. The Kier molecular flexibility index (Phi) is 4.40. The third kappa shape index (κ3) is 3.05. The van der Waals surface area contributed by atoms with Gasteiger partial charge in [0.1, 0.15) is 5.58 Å². The highest BCUT2D eigenvalue weighted by atomic mass is 31.1. The molecule has 7 aromatic rings. The van der Waals surface area contributed by atoms with E-state index < -0.39 is 7.53 Å². The van der Waals surface area contributed by atoms with Crippen LogP contribution < -0.4 is 0 Å². The summed E-state index contributed by atoms with van der Waals surface area (Å²) in [5.41, 5.74) is 7.80. The summed E-state index contributed by atoms with van der Waals surface area (Å²) in [5, 5.41) is 7.71. The van der Waals surface area contributed by atoms with Gasteiger partial charge in [0.25, 0.3) is 0 Å². The van der Waals surface area contributed by atoms with Crippen molar-refractivity contribution in [1.82, 2.24) is 9.97 Å². The Bertz CT molecular complexity index is 1940. The quantitative estimate of drug-likeness (QED) is 0.253. The lowest BCUT2D eigenvalue weighted by atomic mass is 10.0. The number of pyridine rings is 2. The number of hydrogen-bond donors (Lipinski definition) is 0. The first-order chi connectivity index (χ1) is 17.1. The minimum atomic E-state index is -0.422. The van der Waals surface area contributed by atoms with Crippen molar-refractivity contribution in [3.63, 3.8) is 0 Å². The van der Waals surface area contributed by atoms with Crippen LogP contribution in [-0.4, -0.2) is 9.97 Å². The van der Waals surface area contributed by atoms with Crippen molar-refractivity contribution in [2.24, 2.45) is 6.66 Å². The Morgan fingerprint density at radius 2 is 1.43 bits per heavy atom. The molecule has 3 nitrogen and oxygen atoms in total. The zero-order valence-electron chi connectivity index (χ0n) is 19.8. The maximum atomic E-state index is 6.30. The summed E-state index contributed by atoms with van der Waals surface area (Å²) >= 11 is 0. The first-order valence-electron chi connectivity index (χ1n) is 11.8. The molecule has 0 N–H and O–H groups in total. The van der Waals surface area contributed by atoms with Gasteiger partial charge >= 0.3 is 0 Å². The van der Waals surface area contributed by atoms with Gasteiger partial charge in [-0.3, -0.25) is 0 Å². The Hall–Kier alpha value is -3.94. The molecule has 1 atom stereocenters.